The Morgan fingerprint density at radius 2 is 1.81 bits per heavy atom. The van der Waals surface area contributed by atoms with Crippen LogP contribution in [0.4, 0.5) is 0 Å². The van der Waals surface area contributed by atoms with E-state index in [-0.39, 0.29) is 0 Å². The zero-order valence-corrected chi connectivity index (χ0v) is 11.2. The highest BCUT2D eigenvalue weighted by molar-refractivity contribution is 6.30. The molecule has 0 saturated heterocycles. The van der Waals surface area contributed by atoms with E-state index in [1.54, 1.807) is 0 Å². The monoisotopic (exact) mass is 239 g/mol. The Bertz CT molecular complexity index is 294. The van der Waals surface area contributed by atoms with Crippen LogP contribution in [0.3, 0.4) is 0 Å². The van der Waals surface area contributed by atoms with Crippen molar-refractivity contribution in [3.8, 4) is 0 Å². The number of hydrogen-bond acceptors (Lipinski definition) is 1. The molecule has 1 N–H and O–H groups in total. The van der Waals surface area contributed by atoms with Crippen LogP contribution >= 0.6 is 11.6 Å². The van der Waals surface area contributed by atoms with Gasteiger partial charge in [-0.2, -0.15) is 0 Å². The van der Waals surface area contributed by atoms with Crippen molar-refractivity contribution >= 4 is 11.6 Å². The molecular weight excluding hydrogens is 218 g/mol. The summed E-state index contributed by atoms with van der Waals surface area (Å²) in [6.07, 6.45) is 2.30. The molecule has 16 heavy (non-hydrogen) atoms. The molecule has 2 unspecified atom stereocenters. The highest BCUT2D eigenvalue weighted by Crippen LogP contribution is 2.15. The predicted octanol–water partition coefficient (Wildman–Crippen LogP) is 3.91. The summed E-state index contributed by atoms with van der Waals surface area (Å²) in [6.45, 7) is 7.75. The van der Waals surface area contributed by atoms with E-state index in [4.69, 9.17) is 11.6 Å². The highest BCUT2D eigenvalue weighted by atomic mass is 35.5. The van der Waals surface area contributed by atoms with Crippen LogP contribution in [0.1, 0.15) is 32.8 Å². The number of benzene rings is 1. The van der Waals surface area contributed by atoms with E-state index in [0.717, 1.165) is 18.0 Å². The average Bonchev–Trinajstić information content (AvgIpc) is 2.30. The molecule has 1 aromatic rings. The summed E-state index contributed by atoms with van der Waals surface area (Å²) < 4.78 is 0. The van der Waals surface area contributed by atoms with Gasteiger partial charge in [-0.05, 0) is 36.6 Å². The van der Waals surface area contributed by atoms with Gasteiger partial charge in [-0.25, -0.2) is 0 Å². The number of hydrogen-bond donors (Lipinski definition) is 1. The molecule has 1 rings (SSSR count). The third-order valence-corrected chi connectivity index (χ3v) is 3.42. The van der Waals surface area contributed by atoms with E-state index in [1.165, 1.54) is 12.0 Å². The van der Waals surface area contributed by atoms with E-state index in [1.807, 2.05) is 12.1 Å². The minimum atomic E-state index is 0.566. The van der Waals surface area contributed by atoms with Crippen LogP contribution in [-0.2, 0) is 6.42 Å². The van der Waals surface area contributed by atoms with Gasteiger partial charge < -0.3 is 5.32 Å². The summed E-state index contributed by atoms with van der Waals surface area (Å²) >= 11 is 5.88. The fraction of sp³-hybridized carbons (Fsp3) is 0.571. The van der Waals surface area contributed by atoms with Crippen LogP contribution in [0, 0.1) is 5.92 Å². The van der Waals surface area contributed by atoms with Gasteiger partial charge in [0.15, 0.2) is 0 Å². The summed E-state index contributed by atoms with van der Waals surface area (Å²) in [6, 6.07) is 8.74. The van der Waals surface area contributed by atoms with Crippen LogP contribution in [0.15, 0.2) is 24.3 Å². The smallest absolute Gasteiger partial charge is 0.0406 e. The lowest BCUT2D eigenvalue weighted by atomic mass is 9.93. The van der Waals surface area contributed by atoms with Crippen molar-refractivity contribution in [2.24, 2.45) is 5.92 Å². The topological polar surface area (TPSA) is 12.0 Å². The van der Waals surface area contributed by atoms with Crippen molar-refractivity contribution in [2.45, 2.75) is 39.7 Å². The lowest BCUT2D eigenvalue weighted by Crippen LogP contribution is -2.36. The normalized spacial score (nSPS) is 14.8. The lowest BCUT2D eigenvalue weighted by Gasteiger charge is -2.24. The molecule has 0 radical (unpaired) electrons. The average molecular weight is 240 g/mol. The van der Waals surface area contributed by atoms with Gasteiger partial charge in [0.05, 0.1) is 0 Å². The second kappa shape index (κ2) is 6.93. The molecule has 2 atom stereocenters. The van der Waals surface area contributed by atoms with E-state index < -0.39 is 0 Å². The molecule has 0 aromatic heterocycles. The van der Waals surface area contributed by atoms with Gasteiger partial charge in [0.1, 0.15) is 0 Å². The molecule has 90 valence electrons. The van der Waals surface area contributed by atoms with Crippen LogP contribution in [0.5, 0.6) is 0 Å². The largest absolute Gasteiger partial charge is 0.314 e. The molecule has 0 saturated carbocycles. The zero-order valence-electron chi connectivity index (χ0n) is 10.5. The van der Waals surface area contributed by atoms with Crippen LogP contribution in [-0.4, -0.2) is 12.6 Å². The Labute approximate surface area is 104 Å². The summed E-state index contributed by atoms with van der Waals surface area (Å²) in [4.78, 5) is 0. The summed E-state index contributed by atoms with van der Waals surface area (Å²) in [7, 11) is 0. The zero-order chi connectivity index (χ0) is 12.0. The van der Waals surface area contributed by atoms with Gasteiger partial charge >= 0.3 is 0 Å². The Hall–Kier alpha value is -0.530. The van der Waals surface area contributed by atoms with Gasteiger partial charge in [-0.3, -0.25) is 0 Å². The Kier molecular flexibility index (Phi) is 5.86. The lowest BCUT2D eigenvalue weighted by molar-refractivity contribution is 0.371. The fourth-order valence-electron chi connectivity index (χ4n) is 1.90. The standard InChI is InChI=1S/C14H22ClN/c1-4-11(3)14(16-5-2)10-12-6-8-13(15)9-7-12/h6-9,11,14,16H,4-5,10H2,1-3H3. The van der Waals surface area contributed by atoms with Gasteiger partial charge in [-0.1, -0.05) is 50.9 Å². The number of nitrogens with one attached hydrogen (secondary N) is 1. The third kappa shape index (κ3) is 4.15. The summed E-state index contributed by atoms with van der Waals surface area (Å²) in [5.74, 6) is 0.704. The molecule has 0 amide bonds. The molecule has 1 aromatic carbocycles. The van der Waals surface area contributed by atoms with Gasteiger partial charge in [0.2, 0.25) is 0 Å². The predicted molar refractivity (Wildman–Crippen MR) is 72.1 cm³/mol. The van der Waals surface area contributed by atoms with Crippen LogP contribution in [0.25, 0.3) is 0 Å². The van der Waals surface area contributed by atoms with Crippen LogP contribution < -0.4 is 5.32 Å². The molecule has 2 heteroatoms. The first-order chi connectivity index (χ1) is 7.67. The summed E-state index contributed by atoms with van der Waals surface area (Å²) in [5.41, 5.74) is 1.36. The minimum Gasteiger partial charge on any atom is -0.314 e. The molecule has 0 spiro atoms. The molecule has 0 aliphatic heterocycles. The Morgan fingerprint density at radius 1 is 1.19 bits per heavy atom. The number of rotatable bonds is 6. The molecule has 0 heterocycles. The van der Waals surface area contributed by atoms with E-state index >= 15 is 0 Å². The van der Waals surface area contributed by atoms with E-state index in [0.29, 0.717) is 12.0 Å². The van der Waals surface area contributed by atoms with E-state index in [9.17, 15) is 0 Å². The maximum Gasteiger partial charge on any atom is 0.0406 e. The number of halogens is 1. The Morgan fingerprint density at radius 3 is 2.31 bits per heavy atom. The van der Waals surface area contributed by atoms with Gasteiger partial charge in [0.25, 0.3) is 0 Å². The van der Waals surface area contributed by atoms with Crippen molar-refractivity contribution < 1.29 is 0 Å². The SMILES string of the molecule is CCNC(Cc1ccc(Cl)cc1)C(C)CC. The molecule has 0 aliphatic carbocycles. The molecule has 1 nitrogen and oxygen atoms in total. The maximum absolute atomic E-state index is 5.88. The van der Waals surface area contributed by atoms with Gasteiger partial charge in [0, 0.05) is 11.1 Å². The maximum atomic E-state index is 5.88. The minimum absolute atomic E-state index is 0.566. The van der Waals surface area contributed by atoms with Crippen molar-refractivity contribution in [2.75, 3.05) is 6.54 Å². The summed E-state index contributed by atoms with van der Waals surface area (Å²) in [5, 5.41) is 4.38. The van der Waals surface area contributed by atoms with Crippen molar-refractivity contribution in [3.63, 3.8) is 0 Å². The second-order valence-corrected chi connectivity index (χ2v) is 4.82. The quantitative estimate of drug-likeness (QED) is 0.794. The van der Waals surface area contributed by atoms with Gasteiger partial charge in [-0.15, -0.1) is 0 Å². The van der Waals surface area contributed by atoms with Crippen molar-refractivity contribution in [1.29, 1.82) is 0 Å². The molecule has 0 fully saturated rings. The number of likely N-dealkylation sites (N-methyl/N-ethyl adjacent to an activating group) is 1. The van der Waals surface area contributed by atoms with Crippen molar-refractivity contribution in [1.82, 2.24) is 5.32 Å². The highest BCUT2D eigenvalue weighted by Gasteiger charge is 2.14. The molecule has 0 aliphatic rings. The third-order valence-electron chi connectivity index (χ3n) is 3.17. The fourth-order valence-corrected chi connectivity index (χ4v) is 2.02. The first-order valence-electron chi connectivity index (χ1n) is 6.15. The molecule has 0 bridgehead atoms. The van der Waals surface area contributed by atoms with Crippen LogP contribution in [0.2, 0.25) is 5.02 Å². The second-order valence-electron chi connectivity index (χ2n) is 4.38. The Balaban J connectivity index is 2.63. The van der Waals surface area contributed by atoms with Crippen molar-refractivity contribution in [3.05, 3.63) is 34.9 Å². The molecular formula is C14H22ClN. The first kappa shape index (κ1) is 13.5. The first-order valence-corrected chi connectivity index (χ1v) is 6.53. The van der Waals surface area contributed by atoms with E-state index in [2.05, 4.69) is 38.2 Å².